The van der Waals surface area contributed by atoms with Crippen LogP contribution in [0.15, 0.2) is 4.58 Å². The summed E-state index contributed by atoms with van der Waals surface area (Å²) in [6, 6.07) is 0. The van der Waals surface area contributed by atoms with Crippen LogP contribution in [-0.2, 0) is 9.59 Å². The second-order valence-electron chi connectivity index (χ2n) is 6.16. The van der Waals surface area contributed by atoms with Crippen LogP contribution in [0.25, 0.3) is 0 Å². The summed E-state index contributed by atoms with van der Waals surface area (Å²) in [5.74, 6) is -0.992. The van der Waals surface area contributed by atoms with Crippen molar-refractivity contribution in [2.75, 3.05) is 6.54 Å². The number of aliphatic carboxylic acids is 1. The number of carbonyl (C=O) groups is 2. The smallest absolute Gasteiger partial charge is 0.303 e. The molecule has 6 nitrogen and oxygen atoms in total. The van der Waals surface area contributed by atoms with Crippen molar-refractivity contribution in [3.05, 3.63) is 4.91 Å². The van der Waals surface area contributed by atoms with Crippen molar-refractivity contribution in [3.63, 3.8) is 0 Å². The van der Waals surface area contributed by atoms with Crippen LogP contribution in [0.1, 0.15) is 52.4 Å². The van der Waals surface area contributed by atoms with Crippen molar-refractivity contribution in [2.45, 2.75) is 57.1 Å². The summed E-state index contributed by atoms with van der Waals surface area (Å²) in [6.45, 7) is 3.98. The van der Waals surface area contributed by atoms with Crippen molar-refractivity contribution < 1.29 is 14.7 Å². The minimum Gasteiger partial charge on any atom is -0.481 e. The highest BCUT2D eigenvalue weighted by Gasteiger charge is 2.38. The molecule has 1 aliphatic carbocycles. The van der Waals surface area contributed by atoms with Gasteiger partial charge < -0.3 is 10.4 Å². The monoisotopic (exact) mass is 302 g/mol. The predicted octanol–water partition coefficient (Wildman–Crippen LogP) is 2.72. The van der Waals surface area contributed by atoms with Crippen LogP contribution in [0, 0.1) is 10.3 Å². The topological polar surface area (TPSA) is 95.8 Å². The summed E-state index contributed by atoms with van der Waals surface area (Å²) in [4.78, 5) is 33.2. The van der Waals surface area contributed by atoms with Crippen LogP contribution in [-0.4, -0.2) is 28.3 Å². The highest BCUT2D eigenvalue weighted by molar-refractivity contribution is 7.99. The molecule has 0 atom stereocenters. The first kappa shape index (κ1) is 16.9. The van der Waals surface area contributed by atoms with Crippen LogP contribution in [0.5, 0.6) is 0 Å². The Hall–Kier alpha value is -1.11. The van der Waals surface area contributed by atoms with E-state index in [0.717, 1.165) is 37.6 Å². The minimum absolute atomic E-state index is 0.0501. The molecule has 1 amide bonds. The predicted molar refractivity (Wildman–Crippen MR) is 78.2 cm³/mol. The Morgan fingerprint density at radius 2 is 1.90 bits per heavy atom. The quantitative estimate of drug-likeness (QED) is 0.531. The molecule has 0 bridgehead atoms. The Balaban J connectivity index is 2.51. The highest BCUT2D eigenvalue weighted by atomic mass is 32.2. The highest BCUT2D eigenvalue weighted by Crippen LogP contribution is 2.44. The second-order valence-corrected chi connectivity index (χ2v) is 7.59. The molecule has 0 saturated heterocycles. The van der Waals surface area contributed by atoms with Crippen LogP contribution in [0.3, 0.4) is 0 Å². The fourth-order valence-corrected chi connectivity index (χ4v) is 3.05. The molecule has 0 aromatic heterocycles. The number of hydrogen-bond donors (Lipinski definition) is 2. The number of nitroso groups, excluding NO2 is 1. The normalized spacial score (nSPS) is 17.7. The van der Waals surface area contributed by atoms with E-state index >= 15 is 0 Å². The van der Waals surface area contributed by atoms with E-state index in [1.165, 1.54) is 0 Å². The van der Waals surface area contributed by atoms with Crippen molar-refractivity contribution in [1.29, 1.82) is 0 Å². The van der Waals surface area contributed by atoms with Gasteiger partial charge in [0.15, 0.2) is 0 Å². The molecule has 20 heavy (non-hydrogen) atoms. The van der Waals surface area contributed by atoms with Gasteiger partial charge in [-0.05, 0) is 32.1 Å². The number of nitrogens with one attached hydrogen (secondary N) is 1. The number of amides is 1. The number of carbonyl (C=O) groups excluding carboxylic acids is 1. The van der Waals surface area contributed by atoms with E-state index in [1.807, 2.05) is 13.8 Å². The SMILES string of the molecule is CC(C)(CNC(=O)CC1(CC(=O)O)CCCC1)SN=O. The Morgan fingerprint density at radius 3 is 2.40 bits per heavy atom. The Morgan fingerprint density at radius 1 is 1.30 bits per heavy atom. The average Bonchev–Trinajstić information content (AvgIpc) is 2.74. The third kappa shape index (κ3) is 5.48. The zero-order chi connectivity index (χ0) is 15.2. The van der Waals surface area contributed by atoms with E-state index in [9.17, 15) is 14.5 Å². The van der Waals surface area contributed by atoms with E-state index in [4.69, 9.17) is 5.11 Å². The van der Waals surface area contributed by atoms with E-state index in [2.05, 4.69) is 9.90 Å². The van der Waals surface area contributed by atoms with Gasteiger partial charge in [0, 0.05) is 29.5 Å². The number of carboxylic acid groups (broad SMARTS) is 1. The van der Waals surface area contributed by atoms with Gasteiger partial charge in [-0.15, -0.1) is 4.91 Å². The van der Waals surface area contributed by atoms with Gasteiger partial charge in [0.05, 0.1) is 11.2 Å². The van der Waals surface area contributed by atoms with Crippen molar-refractivity contribution >= 4 is 23.8 Å². The molecule has 0 unspecified atom stereocenters. The Kier molecular flexibility index (Phi) is 5.98. The third-order valence-corrected chi connectivity index (χ3v) is 4.43. The molecule has 0 radical (unpaired) electrons. The summed E-state index contributed by atoms with van der Waals surface area (Å²) < 4.78 is 2.33. The number of nitrogens with zero attached hydrogens (tertiary/aromatic N) is 1. The molecule has 0 aromatic rings. The maximum atomic E-state index is 12.0. The van der Waals surface area contributed by atoms with E-state index in [-0.39, 0.29) is 18.7 Å². The van der Waals surface area contributed by atoms with Crippen molar-refractivity contribution in [2.24, 2.45) is 10.00 Å². The molecular weight excluding hydrogens is 280 g/mol. The summed E-state index contributed by atoms with van der Waals surface area (Å²) in [7, 11) is 0. The Labute approximate surface area is 123 Å². The van der Waals surface area contributed by atoms with Gasteiger partial charge in [-0.2, -0.15) is 0 Å². The van der Waals surface area contributed by atoms with Gasteiger partial charge in [-0.3, -0.25) is 9.59 Å². The fourth-order valence-electron chi connectivity index (χ4n) is 2.71. The van der Waals surface area contributed by atoms with Gasteiger partial charge in [-0.1, -0.05) is 12.8 Å². The number of hydrogen-bond acceptors (Lipinski definition) is 5. The molecule has 0 heterocycles. The molecule has 0 aliphatic heterocycles. The van der Waals surface area contributed by atoms with Gasteiger partial charge in [0.2, 0.25) is 5.91 Å². The molecule has 0 spiro atoms. The summed E-state index contributed by atoms with van der Waals surface area (Å²) in [5.41, 5.74) is -0.393. The lowest BCUT2D eigenvalue weighted by Crippen LogP contribution is -2.38. The van der Waals surface area contributed by atoms with E-state index in [0.29, 0.717) is 6.54 Å². The first-order valence-electron chi connectivity index (χ1n) is 6.78. The summed E-state index contributed by atoms with van der Waals surface area (Å²) in [5, 5.41) is 11.8. The fraction of sp³-hybridized carbons (Fsp3) is 0.846. The molecular formula is C13H22N2O4S. The first-order valence-corrected chi connectivity index (χ1v) is 7.55. The molecule has 1 fully saturated rings. The maximum absolute atomic E-state index is 12.0. The lowest BCUT2D eigenvalue weighted by atomic mass is 9.79. The van der Waals surface area contributed by atoms with E-state index in [1.54, 1.807) is 0 Å². The van der Waals surface area contributed by atoms with Gasteiger partial charge in [-0.25, -0.2) is 0 Å². The largest absolute Gasteiger partial charge is 0.481 e. The number of rotatable bonds is 8. The number of carboxylic acids is 1. The van der Waals surface area contributed by atoms with Crippen molar-refractivity contribution in [1.82, 2.24) is 5.32 Å². The van der Waals surface area contributed by atoms with Crippen molar-refractivity contribution in [3.8, 4) is 0 Å². The second kappa shape index (κ2) is 7.06. The zero-order valence-corrected chi connectivity index (χ0v) is 12.8. The average molecular weight is 302 g/mol. The maximum Gasteiger partial charge on any atom is 0.303 e. The van der Waals surface area contributed by atoms with Crippen LogP contribution in [0.4, 0.5) is 0 Å². The third-order valence-electron chi connectivity index (χ3n) is 3.72. The summed E-state index contributed by atoms with van der Waals surface area (Å²) >= 11 is 0.889. The van der Waals surface area contributed by atoms with Gasteiger partial charge >= 0.3 is 5.97 Å². The first-order chi connectivity index (χ1) is 9.29. The minimum atomic E-state index is -0.847. The molecule has 0 aromatic carbocycles. The standard InChI is InChI=1S/C13H22N2O4S/c1-12(2,20-15-19)9-14-10(16)7-13(8-11(17)18)5-3-4-6-13/h3-9H2,1-2H3,(H,14,16)(H,17,18). The van der Waals surface area contributed by atoms with E-state index < -0.39 is 16.1 Å². The lowest BCUT2D eigenvalue weighted by Gasteiger charge is -2.27. The lowest BCUT2D eigenvalue weighted by molar-refractivity contribution is -0.140. The molecule has 114 valence electrons. The summed E-state index contributed by atoms with van der Waals surface area (Å²) in [6.07, 6.45) is 3.85. The van der Waals surface area contributed by atoms with Crippen LogP contribution in [0.2, 0.25) is 0 Å². The van der Waals surface area contributed by atoms with Gasteiger partial charge in [0.1, 0.15) is 0 Å². The molecule has 2 N–H and O–H groups in total. The van der Waals surface area contributed by atoms with Crippen LogP contribution >= 0.6 is 11.9 Å². The molecule has 1 saturated carbocycles. The van der Waals surface area contributed by atoms with Gasteiger partial charge in [0.25, 0.3) is 0 Å². The zero-order valence-electron chi connectivity index (χ0n) is 12.0. The van der Waals surface area contributed by atoms with Crippen LogP contribution < -0.4 is 5.32 Å². The molecule has 1 rings (SSSR count). The molecule has 7 heteroatoms. The molecule has 1 aliphatic rings. The Bertz CT molecular complexity index is 379.